The Morgan fingerprint density at radius 1 is 1.15 bits per heavy atom. The zero-order chi connectivity index (χ0) is 9.84. The van der Waals surface area contributed by atoms with Crippen LogP contribution >= 0.6 is 15.9 Å². The largest absolute Gasteiger partial charge is 0.495 e. The van der Waals surface area contributed by atoms with Crippen molar-refractivity contribution in [1.82, 2.24) is 4.98 Å². The van der Waals surface area contributed by atoms with Crippen molar-refractivity contribution in [2.45, 2.75) is 0 Å². The molecule has 0 radical (unpaired) electrons. The molecule has 1 aromatic heterocycles. The summed E-state index contributed by atoms with van der Waals surface area (Å²) in [5, 5.41) is 0. The van der Waals surface area contributed by atoms with Crippen LogP contribution in [0, 0.1) is 0 Å². The fourth-order valence-electron chi connectivity index (χ4n) is 0.851. The SMILES string of the molecule is COc1cc(OC)c(Br)c(OC)n1. The maximum absolute atomic E-state index is 5.08. The molecule has 13 heavy (non-hydrogen) atoms. The van der Waals surface area contributed by atoms with Crippen LogP contribution in [0.3, 0.4) is 0 Å². The van der Waals surface area contributed by atoms with E-state index in [1.54, 1.807) is 13.2 Å². The third-order valence-corrected chi connectivity index (χ3v) is 2.22. The summed E-state index contributed by atoms with van der Waals surface area (Å²) in [7, 11) is 4.64. The number of aromatic nitrogens is 1. The summed E-state index contributed by atoms with van der Waals surface area (Å²) in [5.74, 6) is 1.52. The number of halogens is 1. The third-order valence-electron chi connectivity index (χ3n) is 1.49. The molecule has 1 heterocycles. The van der Waals surface area contributed by atoms with Crippen molar-refractivity contribution in [3.63, 3.8) is 0 Å². The molecule has 4 nitrogen and oxygen atoms in total. The van der Waals surface area contributed by atoms with E-state index in [2.05, 4.69) is 20.9 Å². The fourth-order valence-corrected chi connectivity index (χ4v) is 1.38. The molecular weight excluding hydrogens is 238 g/mol. The average molecular weight is 248 g/mol. The highest BCUT2D eigenvalue weighted by molar-refractivity contribution is 9.10. The first-order valence-electron chi connectivity index (χ1n) is 3.55. The van der Waals surface area contributed by atoms with Gasteiger partial charge in [-0.1, -0.05) is 0 Å². The lowest BCUT2D eigenvalue weighted by Gasteiger charge is -2.08. The van der Waals surface area contributed by atoms with Crippen molar-refractivity contribution in [1.29, 1.82) is 0 Å². The molecule has 72 valence electrons. The first-order valence-corrected chi connectivity index (χ1v) is 4.34. The molecule has 0 unspecified atom stereocenters. The molecule has 0 saturated carbocycles. The molecule has 0 amide bonds. The van der Waals surface area contributed by atoms with E-state index in [-0.39, 0.29) is 0 Å². The van der Waals surface area contributed by atoms with Gasteiger partial charge in [0.05, 0.1) is 21.3 Å². The van der Waals surface area contributed by atoms with Crippen molar-refractivity contribution >= 4 is 15.9 Å². The maximum Gasteiger partial charge on any atom is 0.234 e. The normalized spacial score (nSPS) is 9.54. The molecule has 0 atom stereocenters. The number of ether oxygens (including phenoxy) is 3. The van der Waals surface area contributed by atoms with E-state index in [4.69, 9.17) is 14.2 Å². The summed E-state index contributed by atoms with van der Waals surface area (Å²) in [6, 6.07) is 1.67. The minimum Gasteiger partial charge on any atom is -0.495 e. The topological polar surface area (TPSA) is 40.6 Å². The highest BCUT2D eigenvalue weighted by Gasteiger charge is 2.11. The lowest BCUT2D eigenvalue weighted by atomic mass is 10.4. The number of hydrogen-bond donors (Lipinski definition) is 0. The van der Waals surface area contributed by atoms with Crippen molar-refractivity contribution in [2.75, 3.05) is 21.3 Å². The lowest BCUT2D eigenvalue weighted by molar-refractivity contribution is 0.348. The van der Waals surface area contributed by atoms with Gasteiger partial charge in [0.1, 0.15) is 10.2 Å². The van der Waals surface area contributed by atoms with Crippen LogP contribution in [-0.4, -0.2) is 26.3 Å². The zero-order valence-corrected chi connectivity index (χ0v) is 9.21. The van der Waals surface area contributed by atoms with Gasteiger partial charge in [0.15, 0.2) is 0 Å². The molecule has 0 aliphatic rings. The summed E-state index contributed by atoms with van der Waals surface area (Å²) < 4.78 is 15.7. The highest BCUT2D eigenvalue weighted by atomic mass is 79.9. The second-order valence-corrected chi connectivity index (χ2v) is 2.98. The van der Waals surface area contributed by atoms with Gasteiger partial charge in [-0.15, -0.1) is 0 Å². The van der Waals surface area contributed by atoms with Gasteiger partial charge in [-0.25, -0.2) is 0 Å². The summed E-state index contributed by atoms with van der Waals surface area (Å²) in [4.78, 5) is 4.05. The Morgan fingerprint density at radius 2 is 1.85 bits per heavy atom. The first-order chi connectivity index (χ1) is 6.22. The summed E-state index contributed by atoms with van der Waals surface area (Å²) >= 11 is 3.30. The fraction of sp³-hybridized carbons (Fsp3) is 0.375. The Balaban J connectivity index is 3.20. The van der Waals surface area contributed by atoms with Gasteiger partial charge in [-0.3, -0.25) is 0 Å². The Morgan fingerprint density at radius 3 is 2.31 bits per heavy atom. The van der Waals surface area contributed by atoms with Gasteiger partial charge >= 0.3 is 0 Å². The van der Waals surface area contributed by atoms with Gasteiger partial charge in [0.2, 0.25) is 11.8 Å². The standard InChI is InChI=1S/C8H10BrNO3/c1-11-5-4-6(12-2)10-8(13-3)7(5)9/h4H,1-3H3. The molecule has 0 N–H and O–H groups in total. The first kappa shape index (κ1) is 10.1. The highest BCUT2D eigenvalue weighted by Crippen LogP contribution is 2.35. The number of nitrogens with zero attached hydrogens (tertiary/aromatic N) is 1. The van der Waals surface area contributed by atoms with Gasteiger partial charge in [-0.05, 0) is 15.9 Å². The smallest absolute Gasteiger partial charge is 0.234 e. The molecule has 1 rings (SSSR count). The van der Waals surface area contributed by atoms with E-state index in [0.29, 0.717) is 22.0 Å². The van der Waals surface area contributed by atoms with Gasteiger partial charge < -0.3 is 14.2 Å². The van der Waals surface area contributed by atoms with Gasteiger partial charge in [-0.2, -0.15) is 4.98 Å². The Labute approximate surface area is 85.0 Å². The van der Waals surface area contributed by atoms with Gasteiger partial charge in [0.25, 0.3) is 0 Å². The van der Waals surface area contributed by atoms with Crippen LogP contribution in [0.4, 0.5) is 0 Å². The van der Waals surface area contributed by atoms with Crippen LogP contribution < -0.4 is 14.2 Å². The molecule has 0 fully saturated rings. The maximum atomic E-state index is 5.08. The molecule has 5 heteroatoms. The molecule has 1 aromatic rings. The molecule has 0 bridgehead atoms. The van der Waals surface area contributed by atoms with E-state index in [0.717, 1.165) is 0 Å². The van der Waals surface area contributed by atoms with Crippen LogP contribution in [0.2, 0.25) is 0 Å². The van der Waals surface area contributed by atoms with Crippen molar-refractivity contribution in [3.8, 4) is 17.5 Å². The van der Waals surface area contributed by atoms with E-state index in [1.807, 2.05) is 0 Å². The Bertz CT molecular complexity index is 278. The zero-order valence-electron chi connectivity index (χ0n) is 7.63. The van der Waals surface area contributed by atoms with E-state index in [1.165, 1.54) is 14.2 Å². The minimum atomic E-state index is 0.441. The van der Waals surface area contributed by atoms with Crippen LogP contribution in [0.15, 0.2) is 10.5 Å². The molecular formula is C8H10BrNO3. The molecule has 0 spiro atoms. The van der Waals surface area contributed by atoms with Crippen molar-refractivity contribution < 1.29 is 14.2 Å². The molecule has 0 aliphatic carbocycles. The summed E-state index contributed by atoms with van der Waals surface area (Å²) in [5.41, 5.74) is 0. The predicted molar refractivity (Wildman–Crippen MR) is 51.6 cm³/mol. The van der Waals surface area contributed by atoms with Crippen LogP contribution in [0.5, 0.6) is 17.5 Å². The number of hydrogen-bond acceptors (Lipinski definition) is 4. The number of rotatable bonds is 3. The Hall–Kier alpha value is -0.970. The Kier molecular flexibility index (Phi) is 3.36. The van der Waals surface area contributed by atoms with Crippen molar-refractivity contribution in [3.05, 3.63) is 10.5 Å². The monoisotopic (exact) mass is 247 g/mol. The third kappa shape index (κ3) is 2.03. The van der Waals surface area contributed by atoms with Crippen LogP contribution in [-0.2, 0) is 0 Å². The molecule has 0 saturated heterocycles. The second kappa shape index (κ2) is 4.32. The average Bonchev–Trinajstić information content (AvgIpc) is 2.18. The number of methoxy groups -OCH3 is 3. The van der Waals surface area contributed by atoms with E-state index >= 15 is 0 Å². The second-order valence-electron chi connectivity index (χ2n) is 2.19. The van der Waals surface area contributed by atoms with Crippen LogP contribution in [0.1, 0.15) is 0 Å². The van der Waals surface area contributed by atoms with E-state index in [9.17, 15) is 0 Å². The summed E-state index contributed by atoms with van der Waals surface area (Å²) in [6.07, 6.45) is 0. The molecule has 0 aliphatic heterocycles. The minimum absolute atomic E-state index is 0.441. The van der Waals surface area contributed by atoms with Gasteiger partial charge in [0, 0.05) is 6.07 Å². The molecule has 0 aromatic carbocycles. The van der Waals surface area contributed by atoms with Crippen molar-refractivity contribution in [2.24, 2.45) is 0 Å². The quantitative estimate of drug-likeness (QED) is 0.818. The number of pyridine rings is 1. The van der Waals surface area contributed by atoms with E-state index < -0.39 is 0 Å². The summed E-state index contributed by atoms with van der Waals surface area (Å²) in [6.45, 7) is 0. The van der Waals surface area contributed by atoms with Crippen LogP contribution in [0.25, 0.3) is 0 Å². The predicted octanol–water partition coefficient (Wildman–Crippen LogP) is 1.87. The lowest BCUT2D eigenvalue weighted by Crippen LogP contribution is -1.95.